The fourth-order valence-corrected chi connectivity index (χ4v) is 3.93. The van der Waals surface area contributed by atoms with Gasteiger partial charge in [-0.1, -0.05) is 36.9 Å². The summed E-state index contributed by atoms with van der Waals surface area (Å²) < 4.78 is 10.7. The van der Waals surface area contributed by atoms with E-state index in [0.717, 1.165) is 24.5 Å². The van der Waals surface area contributed by atoms with Crippen LogP contribution < -0.4 is 14.5 Å². The summed E-state index contributed by atoms with van der Waals surface area (Å²) in [6, 6.07) is 17.4. The second-order valence-corrected chi connectivity index (χ2v) is 7.55. The average Bonchev–Trinajstić information content (AvgIpc) is 2.87. The maximum absolute atomic E-state index is 12.6. The molecular weight excluding hydrogens is 418 g/mol. The lowest BCUT2D eigenvalue weighted by atomic mass is 10.1. The first-order valence-electron chi connectivity index (χ1n) is 10.7. The van der Waals surface area contributed by atoms with Gasteiger partial charge in [-0.2, -0.15) is 5.26 Å². The van der Waals surface area contributed by atoms with E-state index in [-0.39, 0.29) is 6.61 Å². The zero-order valence-corrected chi connectivity index (χ0v) is 18.5. The van der Waals surface area contributed by atoms with E-state index in [1.807, 2.05) is 48.5 Å². The first-order valence-corrected chi connectivity index (χ1v) is 10.7. The number of fused-ring (bicyclic) bond motifs is 1. The Balaban J connectivity index is 1.65. The first-order chi connectivity index (χ1) is 16.2. The van der Waals surface area contributed by atoms with Crippen molar-refractivity contribution in [2.75, 3.05) is 49.7 Å². The summed E-state index contributed by atoms with van der Waals surface area (Å²) in [4.78, 5) is 26.4. The van der Waals surface area contributed by atoms with Crippen molar-refractivity contribution in [2.45, 2.75) is 5.92 Å². The Bertz CT molecular complexity index is 1200. The largest absolute Gasteiger partial charge is 0.495 e. The molecule has 0 aliphatic carbocycles. The first kappa shape index (κ1) is 22.1. The molecule has 1 aliphatic rings. The van der Waals surface area contributed by atoms with Crippen LogP contribution >= 0.6 is 0 Å². The van der Waals surface area contributed by atoms with Crippen molar-refractivity contribution in [1.82, 2.24) is 9.97 Å². The molecule has 3 aromatic rings. The standard InChI is InChI=1S/C25H25N5O3/c1-3-16-33-25(31)18(17-26)23-24(28-20-9-5-4-8-19(20)27-23)30-14-12-29(13-15-30)21-10-6-7-11-22(21)32-2/h3-11,18H,1,12-16H2,2H3/t18-/m1/s1. The normalized spacial score (nSPS) is 14.4. The summed E-state index contributed by atoms with van der Waals surface area (Å²) in [6.07, 6.45) is 1.47. The SMILES string of the molecule is C=CCOC(=O)[C@H](C#N)c1nc2ccccc2nc1N1CCN(c2ccccc2OC)CC1. The van der Waals surface area contributed by atoms with E-state index in [4.69, 9.17) is 14.5 Å². The van der Waals surface area contributed by atoms with Crippen molar-refractivity contribution in [1.29, 1.82) is 5.26 Å². The number of piperazine rings is 1. The van der Waals surface area contributed by atoms with Crippen LogP contribution in [0.2, 0.25) is 0 Å². The fraction of sp³-hybridized carbons (Fsp3) is 0.280. The molecular formula is C25H25N5O3. The third kappa shape index (κ3) is 4.58. The number of methoxy groups -OCH3 is 1. The molecule has 1 atom stereocenters. The third-order valence-electron chi connectivity index (χ3n) is 5.56. The van der Waals surface area contributed by atoms with Gasteiger partial charge in [0.1, 0.15) is 18.1 Å². The molecule has 0 unspecified atom stereocenters. The molecule has 0 bridgehead atoms. The highest BCUT2D eigenvalue weighted by Crippen LogP contribution is 2.32. The number of aromatic nitrogens is 2. The number of benzene rings is 2. The summed E-state index contributed by atoms with van der Waals surface area (Å²) in [5, 5.41) is 9.81. The van der Waals surface area contributed by atoms with Gasteiger partial charge in [-0.15, -0.1) is 0 Å². The van der Waals surface area contributed by atoms with Crippen molar-refractivity contribution < 1.29 is 14.3 Å². The molecule has 1 fully saturated rings. The van der Waals surface area contributed by atoms with Crippen molar-refractivity contribution >= 4 is 28.5 Å². The fourth-order valence-electron chi connectivity index (χ4n) is 3.93. The molecule has 0 N–H and O–H groups in total. The number of ether oxygens (including phenoxy) is 2. The van der Waals surface area contributed by atoms with Crippen molar-refractivity contribution in [3.8, 4) is 11.8 Å². The van der Waals surface area contributed by atoms with Crippen LogP contribution in [0.5, 0.6) is 5.75 Å². The number of nitriles is 1. The lowest BCUT2D eigenvalue weighted by Gasteiger charge is -2.37. The molecule has 0 radical (unpaired) electrons. The number of esters is 1. The number of rotatable bonds is 7. The molecule has 2 heterocycles. The van der Waals surface area contributed by atoms with Gasteiger partial charge in [0, 0.05) is 26.2 Å². The number of hydrogen-bond donors (Lipinski definition) is 0. The second-order valence-electron chi connectivity index (χ2n) is 7.55. The molecule has 168 valence electrons. The Hall–Kier alpha value is -4.12. The molecule has 8 heteroatoms. The molecule has 1 saturated heterocycles. The van der Waals surface area contributed by atoms with Gasteiger partial charge >= 0.3 is 5.97 Å². The van der Waals surface area contributed by atoms with Crippen LogP contribution in [0.3, 0.4) is 0 Å². The monoisotopic (exact) mass is 443 g/mol. The second kappa shape index (κ2) is 10.0. The van der Waals surface area contributed by atoms with Gasteiger partial charge in [-0.3, -0.25) is 4.79 Å². The Morgan fingerprint density at radius 2 is 1.73 bits per heavy atom. The van der Waals surface area contributed by atoms with Gasteiger partial charge in [0.25, 0.3) is 0 Å². The summed E-state index contributed by atoms with van der Waals surface area (Å²) in [6.45, 7) is 6.35. The zero-order valence-electron chi connectivity index (χ0n) is 18.5. The maximum atomic E-state index is 12.6. The van der Waals surface area contributed by atoms with Crippen molar-refractivity contribution in [3.05, 3.63) is 66.9 Å². The van der Waals surface area contributed by atoms with Crippen LogP contribution in [0.15, 0.2) is 61.2 Å². The number of carbonyl (C=O) groups excluding carboxylic acids is 1. The zero-order chi connectivity index (χ0) is 23.2. The predicted octanol–water partition coefficient (Wildman–Crippen LogP) is 3.30. The number of hydrogen-bond acceptors (Lipinski definition) is 8. The van der Waals surface area contributed by atoms with Gasteiger partial charge in [0.15, 0.2) is 11.7 Å². The Labute approximate surface area is 192 Å². The highest BCUT2D eigenvalue weighted by molar-refractivity contribution is 5.85. The number of nitrogens with zero attached hydrogens (tertiary/aromatic N) is 5. The maximum Gasteiger partial charge on any atom is 0.330 e. The lowest BCUT2D eigenvalue weighted by molar-refractivity contribution is -0.142. The highest BCUT2D eigenvalue weighted by Gasteiger charge is 2.31. The topological polar surface area (TPSA) is 91.6 Å². The molecule has 0 amide bonds. The van der Waals surface area contributed by atoms with E-state index in [2.05, 4.69) is 27.4 Å². The molecule has 33 heavy (non-hydrogen) atoms. The summed E-state index contributed by atoms with van der Waals surface area (Å²) in [7, 11) is 1.67. The number of para-hydroxylation sites is 4. The minimum absolute atomic E-state index is 0.0327. The number of anilines is 2. The van der Waals surface area contributed by atoms with Gasteiger partial charge in [-0.25, -0.2) is 9.97 Å². The Kier molecular flexibility index (Phi) is 6.69. The van der Waals surface area contributed by atoms with Crippen LogP contribution in [0.25, 0.3) is 11.0 Å². The van der Waals surface area contributed by atoms with Crippen LogP contribution in [0, 0.1) is 11.3 Å². The molecule has 4 rings (SSSR count). The molecule has 1 aliphatic heterocycles. The van der Waals surface area contributed by atoms with Crippen molar-refractivity contribution in [3.63, 3.8) is 0 Å². The molecule has 0 saturated carbocycles. The number of carbonyl (C=O) groups is 1. The minimum atomic E-state index is -1.18. The van der Waals surface area contributed by atoms with Crippen LogP contribution in [0.4, 0.5) is 11.5 Å². The van der Waals surface area contributed by atoms with Crippen LogP contribution in [-0.4, -0.2) is 55.8 Å². The van der Waals surface area contributed by atoms with E-state index in [1.54, 1.807) is 7.11 Å². The molecule has 1 aromatic heterocycles. The quantitative estimate of drug-likeness (QED) is 0.406. The minimum Gasteiger partial charge on any atom is -0.495 e. The van der Waals surface area contributed by atoms with Gasteiger partial charge in [0.2, 0.25) is 0 Å². The molecule has 2 aromatic carbocycles. The van der Waals surface area contributed by atoms with E-state index in [0.29, 0.717) is 35.6 Å². The lowest BCUT2D eigenvalue weighted by Crippen LogP contribution is -2.47. The van der Waals surface area contributed by atoms with Crippen LogP contribution in [0.1, 0.15) is 11.6 Å². The van der Waals surface area contributed by atoms with E-state index in [9.17, 15) is 10.1 Å². The molecule has 8 nitrogen and oxygen atoms in total. The van der Waals surface area contributed by atoms with E-state index in [1.165, 1.54) is 6.08 Å². The van der Waals surface area contributed by atoms with E-state index < -0.39 is 11.9 Å². The Morgan fingerprint density at radius 3 is 2.39 bits per heavy atom. The average molecular weight is 444 g/mol. The summed E-state index contributed by atoms with van der Waals surface area (Å²) in [5.74, 6) is -0.470. The van der Waals surface area contributed by atoms with Crippen molar-refractivity contribution in [2.24, 2.45) is 0 Å². The summed E-state index contributed by atoms with van der Waals surface area (Å²) in [5.41, 5.74) is 2.68. The van der Waals surface area contributed by atoms with Gasteiger partial charge in [0.05, 0.1) is 29.9 Å². The van der Waals surface area contributed by atoms with Gasteiger partial charge < -0.3 is 19.3 Å². The highest BCUT2D eigenvalue weighted by atomic mass is 16.5. The molecule has 0 spiro atoms. The van der Waals surface area contributed by atoms with Crippen LogP contribution in [-0.2, 0) is 9.53 Å². The third-order valence-corrected chi connectivity index (χ3v) is 5.56. The smallest absolute Gasteiger partial charge is 0.330 e. The predicted molar refractivity (Wildman–Crippen MR) is 126 cm³/mol. The van der Waals surface area contributed by atoms with Gasteiger partial charge in [-0.05, 0) is 24.3 Å². The summed E-state index contributed by atoms with van der Waals surface area (Å²) >= 11 is 0. The Morgan fingerprint density at radius 1 is 1.09 bits per heavy atom. The van der Waals surface area contributed by atoms with E-state index >= 15 is 0 Å².